The number of amides is 2. The third-order valence-corrected chi connectivity index (χ3v) is 5.66. The quantitative estimate of drug-likeness (QED) is 0.606. The number of hydrogen-bond donors (Lipinski definition) is 2. The van der Waals surface area contributed by atoms with Crippen LogP contribution in [0.2, 0.25) is 5.02 Å². The van der Waals surface area contributed by atoms with Crippen molar-refractivity contribution in [2.24, 2.45) is 0 Å². The molecule has 30 heavy (non-hydrogen) atoms. The molecule has 0 saturated carbocycles. The van der Waals surface area contributed by atoms with E-state index in [2.05, 4.69) is 5.32 Å². The average molecular weight is 453 g/mol. The number of halogens is 1. The number of aryl methyl sites for hydroxylation is 1. The Morgan fingerprint density at radius 2 is 1.53 bits per heavy atom. The van der Waals surface area contributed by atoms with Gasteiger partial charge in [0.05, 0.1) is 11.0 Å². The highest BCUT2D eigenvalue weighted by atomic mass is 35.5. The van der Waals surface area contributed by atoms with E-state index in [1.54, 1.807) is 38.1 Å². The van der Waals surface area contributed by atoms with Gasteiger partial charge in [0, 0.05) is 18.0 Å². The van der Waals surface area contributed by atoms with Crippen LogP contribution in [0.4, 0.5) is 4.79 Å². The normalized spacial score (nSPS) is 11.2. The van der Waals surface area contributed by atoms with Gasteiger partial charge >= 0.3 is 6.09 Å². The van der Waals surface area contributed by atoms with Crippen molar-refractivity contribution in [3.63, 3.8) is 0 Å². The Labute approximate surface area is 181 Å². The molecule has 0 saturated heterocycles. The fourth-order valence-corrected chi connectivity index (χ4v) is 3.59. The Morgan fingerprint density at radius 3 is 2.13 bits per heavy atom. The fraction of sp³-hybridized carbons (Fsp3) is 0.333. The Bertz CT molecular complexity index is 958. The van der Waals surface area contributed by atoms with E-state index in [1.807, 2.05) is 16.9 Å². The number of carbonyl (C=O) groups excluding carboxylic acids is 2. The van der Waals surface area contributed by atoms with Gasteiger partial charge in [-0.3, -0.25) is 4.79 Å². The molecule has 2 aromatic rings. The maximum Gasteiger partial charge on any atom is 0.421 e. The number of rotatable bonds is 9. The van der Waals surface area contributed by atoms with Gasteiger partial charge in [-0.25, -0.2) is 17.9 Å². The summed E-state index contributed by atoms with van der Waals surface area (Å²) >= 11 is 5.84. The van der Waals surface area contributed by atoms with Gasteiger partial charge in [0.25, 0.3) is 10.0 Å². The van der Waals surface area contributed by atoms with E-state index in [0.29, 0.717) is 30.8 Å². The number of ether oxygens (including phenoxy) is 1. The second kappa shape index (κ2) is 11.0. The van der Waals surface area contributed by atoms with Crippen molar-refractivity contribution in [1.82, 2.24) is 10.0 Å². The van der Waals surface area contributed by atoms with E-state index < -0.39 is 22.2 Å². The summed E-state index contributed by atoms with van der Waals surface area (Å²) in [6.07, 6.45) is 0.105. The maximum atomic E-state index is 12.2. The lowest BCUT2D eigenvalue weighted by atomic mass is 10.1. The zero-order valence-corrected chi connectivity index (χ0v) is 18.4. The SMILES string of the molecule is CC(C)OC(=O)NS(=O)(=O)c1ccc(CCNC(=O)CCc2ccc(Cl)cc2)cc1. The summed E-state index contributed by atoms with van der Waals surface area (Å²) in [4.78, 5) is 23.4. The zero-order valence-electron chi connectivity index (χ0n) is 16.9. The van der Waals surface area contributed by atoms with Crippen LogP contribution >= 0.6 is 11.6 Å². The summed E-state index contributed by atoms with van der Waals surface area (Å²) in [5, 5.41) is 3.51. The molecular formula is C21H25ClN2O5S. The lowest BCUT2D eigenvalue weighted by Gasteiger charge is -2.10. The molecule has 0 aliphatic heterocycles. The van der Waals surface area contributed by atoms with Crippen molar-refractivity contribution in [3.05, 3.63) is 64.7 Å². The zero-order chi connectivity index (χ0) is 22.1. The first-order valence-electron chi connectivity index (χ1n) is 9.49. The predicted molar refractivity (Wildman–Crippen MR) is 115 cm³/mol. The number of sulfonamides is 1. The lowest BCUT2D eigenvalue weighted by Crippen LogP contribution is -2.32. The second-order valence-electron chi connectivity index (χ2n) is 6.93. The van der Waals surface area contributed by atoms with Crippen LogP contribution in [0.3, 0.4) is 0 Å². The van der Waals surface area contributed by atoms with Crippen LogP contribution < -0.4 is 10.0 Å². The minimum absolute atomic E-state index is 0.0426. The average Bonchev–Trinajstić information content (AvgIpc) is 2.67. The molecule has 0 unspecified atom stereocenters. The van der Waals surface area contributed by atoms with Crippen molar-refractivity contribution in [3.8, 4) is 0 Å². The summed E-state index contributed by atoms with van der Waals surface area (Å²) < 4.78 is 31.0. The minimum Gasteiger partial charge on any atom is -0.446 e. The molecule has 0 radical (unpaired) electrons. The predicted octanol–water partition coefficient (Wildman–Crippen LogP) is 3.45. The topological polar surface area (TPSA) is 102 Å². The first-order chi connectivity index (χ1) is 14.2. The summed E-state index contributed by atoms with van der Waals surface area (Å²) in [5.74, 6) is -0.0583. The van der Waals surface area contributed by atoms with Gasteiger partial charge in [-0.2, -0.15) is 0 Å². The van der Waals surface area contributed by atoms with Crippen molar-refractivity contribution in [2.45, 2.75) is 44.1 Å². The van der Waals surface area contributed by atoms with Crippen molar-refractivity contribution in [2.75, 3.05) is 6.54 Å². The van der Waals surface area contributed by atoms with Gasteiger partial charge in [-0.1, -0.05) is 35.9 Å². The van der Waals surface area contributed by atoms with E-state index in [1.165, 1.54) is 12.1 Å². The van der Waals surface area contributed by atoms with Crippen molar-refractivity contribution < 1.29 is 22.7 Å². The van der Waals surface area contributed by atoms with E-state index in [9.17, 15) is 18.0 Å². The van der Waals surface area contributed by atoms with Gasteiger partial charge in [-0.05, 0) is 62.1 Å². The summed E-state index contributed by atoms with van der Waals surface area (Å²) in [5.41, 5.74) is 1.90. The highest BCUT2D eigenvalue weighted by Crippen LogP contribution is 2.12. The first-order valence-corrected chi connectivity index (χ1v) is 11.4. The minimum atomic E-state index is -3.99. The van der Waals surface area contributed by atoms with Gasteiger partial charge in [0.1, 0.15) is 0 Å². The van der Waals surface area contributed by atoms with E-state index >= 15 is 0 Å². The molecule has 2 N–H and O–H groups in total. The Morgan fingerprint density at radius 1 is 0.967 bits per heavy atom. The largest absolute Gasteiger partial charge is 0.446 e. The molecule has 162 valence electrons. The van der Waals surface area contributed by atoms with Crippen LogP contribution in [0.5, 0.6) is 0 Å². The first kappa shape index (κ1) is 23.7. The van der Waals surface area contributed by atoms with Crippen molar-refractivity contribution >= 4 is 33.6 Å². The summed E-state index contributed by atoms with van der Waals surface area (Å²) in [6, 6.07) is 13.5. The Hall–Kier alpha value is -2.58. The fourth-order valence-electron chi connectivity index (χ4n) is 2.59. The smallest absolute Gasteiger partial charge is 0.421 e. The molecule has 0 aliphatic carbocycles. The van der Waals surface area contributed by atoms with Crippen LogP contribution in [0.25, 0.3) is 0 Å². The molecule has 2 amide bonds. The van der Waals surface area contributed by atoms with Crippen molar-refractivity contribution in [1.29, 1.82) is 0 Å². The monoisotopic (exact) mass is 452 g/mol. The van der Waals surface area contributed by atoms with Gasteiger partial charge in [-0.15, -0.1) is 0 Å². The summed E-state index contributed by atoms with van der Waals surface area (Å²) in [6.45, 7) is 3.68. The van der Waals surface area contributed by atoms with Crippen LogP contribution in [-0.4, -0.2) is 33.1 Å². The van der Waals surface area contributed by atoms with Crippen LogP contribution in [-0.2, 0) is 32.4 Å². The molecule has 2 aromatic carbocycles. The molecule has 0 aliphatic rings. The van der Waals surface area contributed by atoms with E-state index in [-0.39, 0.29) is 10.8 Å². The molecule has 9 heteroatoms. The highest BCUT2D eigenvalue weighted by Gasteiger charge is 2.19. The standard InChI is InChI=1S/C21H25ClN2O5S/c1-15(2)29-21(26)24-30(27,28)19-10-5-17(6-11-19)13-14-23-20(25)12-7-16-3-8-18(22)9-4-16/h3-6,8-11,15H,7,12-14H2,1-2H3,(H,23,25)(H,24,26). The molecule has 0 heterocycles. The summed E-state index contributed by atoms with van der Waals surface area (Å²) in [7, 11) is -3.99. The molecule has 7 nitrogen and oxygen atoms in total. The third kappa shape index (κ3) is 8.04. The molecule has 0 bridgehead atoms. The second-order valence-corrected chi connectivity index (χ2v) is 9.05. The van der Waals surface area contributed by atoms with Crippen LogP contribution in [0, 0.1) is 0 Å². The maximum absolute atomic E-state index is 12.2. The Kier molecular flexibility index (Phi) is 8.68. The number of carbonyl (C=O) groups is 2. The Balaban J connectivity index is 1.78. The van der Waals surface area contributed by atoms with Crippen LogP contribution in [0.15, 0.2) is 53.4 Å². The van der Waals surface area contributed by atoms with Gasteiger partial charge in [0.2, 0.25) is 5.91 Å². The molecule has 0 fully saturated rings. The third-order valence-electron chi connectivity index (χ3n) is 4.08. The van der Waals surface area contributed by atoms with Gasteiger partial charge in [0.15, 0.2) is 0 Å². The number of benzene rings is 2. The van der Waals surface area contributed by atoms with E-state index in [4.69, 9.17) is 16.3 Å². The highest BCUT2D eigenvalue weighted by molar-refractivity contribution is 7.90. The molecule has 0 atom stereocenters. The van der Waals surface area contributed by atoms with Crippen LogP contribution in [0.1, 0.15) is 31.4 Å². The molecular weight excluding hydrogens is 428 g/mol. The van der Waals surface area contributed by atoms with E-state index in [0.717, 1.165) is 11.1 Å². The number of hydrogen-bond acceptors (Lipinski definition) is 5. The molecule has 0 spiro atoms. The lowest BCUT2D eigenvalue weighted by molar-refractivity contribution is -0.121. The number of nitrogens with one attached hydrogen (secondary N) is 2. The molecule has 2 rings (SSSR count). The molecule has 0 aromatic heterocycles. The van der Waals surface area contributed by atoms with Gasteiger partial charge < -0.3 is 10.1 Å².